The Morgan fingerprint density at radius 1 is 1.33 bits per heavy atom. The summed E-state index contributed by atoms with van der Waals surface area (Å²) < 4.78 is 11.8. The minimum absolute atomic E-state index is 0.334. The van der Waals surface area contributed by atoms with Gasteiger partial charge in [0.05, 0.1) is 12.8 Å². The molecule has 21 heavy (non-hydrogen) atoms. The van der Waals surface area contributed by atoms with Crippen molar-refractivity contribution in [3.63, 3.8) is 0 Å². The van der Waals surface area contributed by atoms with E-state index >= 15 is 0 Å². The van der Waals surface area contributed by atoms with Gasteiger partial charge in [-0.2, -0.15) is 5.10 Å². The van der Waals surface area contributed by atoms with Crippen LogP contribution in [0.3, 0.4) is 0 Å². The Kier molecular flexibility index (Phi) is 3.09. The fourth-order valence-electron chi connectivity index (χ4n) is 2.16. The minimum Gasteiger partial charge on any atom is -0.497 e. The SMILES string of the molecule is COc1ccc(-n2c(-c3coc(C)n3)n[nH]c2=O)c(C)c1. The smallest absolute Gasteiger partial charge is 0.348 e. The summed E-state index contributed by atoms with van der Waals surface area (Å²) >= 11 is 0. The number of aryl methyl sites for hydroxylation is 2. The van der Waals surface area contributed by atoms with Gasteiger partial charge in [-0.25, -0.2) is 19.4 Å². The van der Waals surface area contributed by atoms with E-state index in [0.29, 0.717) is 23.1 Å². The Balaban J connectivity index is 2.19. The van der Waals surface area contributed by atoms with Gasteiger partial charge < -0.3 is 9.15 Å². The minimum atomic E-state index is -0.334. The molecule has 0 fully saturated rings. The van der Waals surface area contributed by atoms with Crippen molar-refractivity contribution >= 4 is 0 Å². The number of ether oxygens (including phenoxy) is 1. The summed E-state index contributed by atoms with van der Waals surface area (Å²) in [7, 11) is 1.60. The molecule has 0 bridgehead atoms. The molecule has 0 radical (unpaired) electrons. The lowest BCUT2D eigenvalue weighted by Crippen LogP contribution is -2.16. The van der Waals surface area contributed by atoms with Crippen molar-refractivity contribution in [3.05, 3.63) is 46.4 Å². The van der Waals surface area contributed by atoms with Crippen molar-refractivity contribution < 1.29 is 9.15 Å². The van der Waals surface area contributed by atoms with Crippen molar-refractivity contribution in [2.24, 2.45) is 0 Å². The average molecular weight is 286 g/mol. The van der Waals surface area contributed by atoms with E-state index in [1.807, 2.05) is 19.1 Å². The largest absolute Gasteiger partial charge is 0.497 e. The van der Waals surface area contributed by atoms with E-state index in [2.05, 4.69) is 15.2 Å². The highest BCUT2D eigenvalue weighted by Crippen LogP contribution is 2.23. The number of hydrogen-bond donors (Lipinski definition) is 1. The van der Waals surface area contributed by atoms with Gasteiger partial charge in [-0.3, -0.25) is 0 Å². The fourth-order valence-corrected chi connectivity index (χ4v) is 2.16. The molecule has 2 heterocycles. The van der Waals surface area contributed by atoms with E-state index in [4.69, 9.17) is 9.15 Å². The molecule has 2 aromatic heterocycles. The number of aromatic amines is 1. The Morgan fingerprint density at radius 3 is 2.76 bits per heavy atom. The van der Waals surface area contributed by atoms with Crippen LogP contribution in [0.25, 0.3) is 17.2 Å². The van der Waals surface area contributed by atoms with E-state index < -0.39 is 0 Å². The molecule has 1 N–H and O–H groups in total. The van der Waals surface area contributed by atoms with Gasteiger partial charge in [-0.15, -0.1) is 0 Å². The van der Waals surface area contributed by atoms with Gasteiger partial charge in [0.1, 0.15) is 17.7 Å². The first-order chi connectivity index (χ1) is 10.1. The van der Waals surface area contributed by atoms with Gasteiger partial charge in [-0.1, -0.05) is 0 Å². The third kappa shape index (κ3) is 2.22. The molecule has 0 unspecified atom stereocenters. The van der Waals surface area contributed by atoms with Gasteiger partial charge in [-0.05, 0) is 30.7 Å². The number of nitrogens with zero attached hydrogens (tertiary/aromatic N) is 3. The third-order valence-corrected chi connectivity index (χ3v) is 3.17. The second-order valence-corrected chi connectivity index (χ2v) is 4.59. The van der Waals surface area contributed by atoms with Crippen LogP contribution in [-0.4, -0.2) is 26.9 Å². The highest BCUT2D eigenvalue weighted by Gasteiger charge is 2.17. The lowest BCUT2D eigenvalue weighted by atomic mass is 10.2. The Hall–Kier alpha value is -2.83. The fraction of sp³-hybridized carbons (Fsp3) is 0.214. The van der Waals surface area contributed by atoms with Gasteiger partial charge in [0, 0.05) is 6.92 Å². The second kappa shape index (κ2) is 4.93. The van der Waals surface area contributed by atoms with Crippen LogP contribution in [0.15, 0.2) is 33.7 Å². The number of oxazole rings is 1. The molecule has 0 aliphatic heterocycles. The zero-order chi connectivity index (χ0) is 15.0. The summed E-state index contributed by atoms with van der Waals surface area (Å²) in [6, 6.07) is 5.45. The highest BCUT2D eigenvalue weighted by molar-refractivity contribution is 5.55. The van der Waals surface area contributed by atoms with Crippen LogP contribution in [0.2, 0.25) is 0 Å². The molecule has 3 rings (SSSR count). The topological polar surface area (TPSA) is 85.9 Å². The molecule has 0 spiro atoms. The number of rotatable bonds is 3. The quantitative estimate of drug-likeness (QED) is 0.794. The van der Waals surface area contributed by atoms with E-state index in [9.17, 15) is 4.79 Å². The predicted octanol–water partition coefficient (Wildman–Crippen LogP) is 1.84. The third-order valence-electron chi connectivity index (χ3n) is 3.17. The van der Waals surface area contributed by atoms with Crippen molar-refractivity contribution in [2.45, 2.75) is 13.8 Å². The first-order valence-corrected chi connectivity index (χ1v) is 6.35. The Labute approximate surface area is 120 Å². The Morgan fingerprint density at radius 2 is 2.14 bits per heavy atom. The van der Waals surface area contributed by atoms with E-state index in [0.717, 1.165) is 11.3 Å². The van der Waals surface area contributed by atoms with Crippen LogP contribution in [0, 0.1) is 13.8 Å². The maximum absolute atomic E-state index is 12.1. The molecule has 108 valence electrons. The van der Waals surface area contributed by atoms with Gasteiger partial charge in [0.25, 0.3) is 0 Å². The molecule has 0 atom stereocenters. The molecule has 0 aliphatic carbocycles. The molecule has 0 saturated carbocycles. The van der Waals surface area contributed by atoms with Crippen LogP contribution in [-0.2, 0) is 0 Å². The first-order valence-electron chi connectivity index (χ1n) is 6.35. The molecule has 0 amide bonds. The Bertz CT molecular complexity index is 844. The lowest BCUT2D eigenvalue weighted by molar-refractivity contribution is 0.414. The normalized spacial score (nSPS) is 10.8. The molecular weight excluding hydrogens is 272 g/mol. The molecule has 7 nitrogen and oxygen atoms in total. The second-order valence-electron chi connectivity index (χ2n) is 4.59. The van der Waals surface area contributed by atoms with Gasteiger partial charge >= 0.3 is 5.69 Å². The number of nitrogens with one attached hydrogen (secondary N) is 1. The zero-order valence-electron chi connectivity index (χ0n) is 11.9. The number of hydrogen-bond acceptors (Lipinski definition) is 5. The van der Waals surface area contributed by atoms with Crippen molar-refractivity contribution in [1.29, 1.82) is 0 Å². The summed E-state index contributed by atoms with van der Waals surface area (Å²) in [5.41, 5.74) is 1.77. The highest BCUT2D eigenvalue weighted by atomic mass is 16.5. The summed E-state index contributed by atoms with van der Waals surface area (Å²) in [6.45, 7) is 3.63. The average Bonchev–Trinajstić information content (AvgIpc) is 3.05. The van der Waals surface area contributed by atoms with Crippen LogP contribution in [0.5, 0.6) is 5.75 Å². The number of H-pyrrole nitrogens is 1. The predicted molar refractivity (Wildman–Crippen MR) is 75.7 cm³/mol. The molecule has 0 aliphatic rings. The first kappa shape index (κ1) is 13.2. The summed E-state index contributed by atoms with van der Waals surface area (Å²) in [6.07, 6.45) is 1.47. The molecule has 1 aromatic carbocycles. The monoisotopic (exact) mass is 286 g/mol. The van der Waals surface area contributed by atoms with E-state index in [-0.39, 0.29) is 5.69 Å². The summed E-state index contributed by atoms with van der Waals surface area (Å²) in [4.78, 5) is 16.3. The standard InChI is InChI=1S/C14H14N4O3/c1-8-6-10(20-3)4-5-12(8)18-13(16-17-14(18)19)11-7-21-9(2)15-11/h4-7H,1-3H3,(H,17,19). The number of benzene rings is 1. The van der Waals surface area contributed by atoms with Crippen molar-refractivity contribution in [1.82, 2.24) is 19.7 Å². The van der Waals surface area contributed by atoms with Gasteiger partial charge in [0.2, 0.25) is 0 Å². The van der Waals surface area contributed by atoms with Crippen LogP contribution < -0.4 is 10.4 Å². The molecule has 0 saturated heterocycles. The lowest BCUT2D eigenvalue weighted by Gasteiger charge is -2.09. The van der Waals surface area contributed by atoms with Crippen LogP contribution in [0.1, 0.15) is 11.5 Å². The van der Waals surface area contributed by atoms with Crippen LogP contribution >= 0.6 is 0 Å². The molecule has 3 aromatic rings. The number of aromatic nitrogens is 4. The molecule has 7 heteroatoms. The van der Waals surface area contributed by atoms with E-state index in [1.165, 1.54) is 10.8 Å². The summed E-state index contributed by atoms with van der Waals surface area (Å²) in [5.74, 6) is 1.65. The summed E-state index contributed by atoms with van der Waals surface area (Å²) in [5, 5.41) is 6.47. The van der Waals surface area contributed by atoms with Crippen LogP contribution in [0.4, 0.5) is 0 Å². The van der Waals surface area contributed by atoms with E-state index in [1.54, 1.807) is 20.1 Å². The maximum atomic E-state index is 12.1. The van der Waals surface area contributed by atoms with Crippen molar-refractivity contribution in [2.75, 3.05) is 7.11 Å². The van der Waals surface area contributed by atoms with Gasteiger partial charge in [0.15, 0.2) is 11.7 Å². The maximum Gasteiger partial charge on any atom is 0.348 e. The van der Waals surface area contributed by atoms with Crippen molar-refractivity contribution in [3.8, 4) is 23.0 Å². The zero-order valence-corrected chi connectivity index (χ0v) is 11.9. The molecular formula is C14H14N4O3. The number of methoxy groups -OCH3 is 1.